The van der Waals surface area contributed by atoms with E-state index in [1.165, 1.54) is 47.5 Å². The van der Waals surface area contributed by atoms with Crippen LogP contribution in [-0.4, -0.2) is 72.6 Å². The zero-order valence-corrected chi connectivity index (χ0v) is 25.2. The van der Waals surface area contributed by atoms with Crippen molar-refractivity contribution in [3.63, 3.8) is 0 Å². The molecule has 2 heterocycles. The number of nitrogens with zero attached hydrogens (tertiary/aromatic N) is 1. The Kier molecular flexibility index (Phi) is 9.21. The van der Waals surface area contributed by atoms with Gasteiger partial charge in [-0.05, 0) is 67.2 Å². The van der Waals surface area contributed by atoms with Gasteiger partial charge in [0.15, 0.2) is 9.84 Å². The summed E-state index contributed by atoms with van der Waals surface area (Å²) in [6, 6.07) is 12.0. The minimum Gasteiger partial charge on any atom is -0.495 e. The highest BCUT2D eigenvalue weighted by Crippen LogP contribution is 2.41. The number of fused-ring (bicyclic) bond motifs is 1. The van der Waals surface area contributed by atoms with Gasteiger partial charge in [0.1, 0.15) is 5.75 Å². The standard InChI is InChI=1S/C31H39N3O4S2/c1-37-19-18-34-16-13-23(14-17-34)33-28-7-4-6-25-26(20-22-9-10-22)30(39-31(25)28)8-5-15-32-27-12-11-24(40(3,35)36)21-29(27)38-2/h4,6-7,11-12,21-23,32-33H,9-10,13-20H2,1-3H3. The molecule has 214 valence electrons. The minimum atomic E-state index is -3.30. The number of rotatable bonds is 11. The number of nitrogens with one attached hydrogen (secondary N) is 2. The van der Waals surface area contributed by atoms with Crippen molar-refractivity contribution in [1.82, 2.24) is 4.90 Å². The Bertz CT molecular complexity index is 1490. The van der Waals surface area contributed by atoms with Crippen molar-refractivity contribution in [2.24, 2.45) is 5.92 Å². The van der Waals surface area contributed by atoms with Crippen LogP contribution < -0.4 is 15.4 Å². The van der Waals surface area contributed by atoms with Gasteiger partial charge in [0, 0.05) is 45.1 Å². The molecule has 2 fully saturated rings. The van der Waals surface area contributed by atoms with E-state index in [1.54, 1.807) is 36.6 Å². The predicted molar refractivity (Wildman–Crippen MR) is 165 cm³/mol. The number of sulfone groups is 1. The molecule has 7 nitrogen and oxygen atoms in total. The smallest absolute Gasteiger partial charge is 0.175 e. The maximum atomic E-state index is 11.9. The third-order valence-electron chi connectivity index (χ3n) is 7.74. The van der Waals surface area contributed by atoms with E-state index in [4.69, 9.17) is 9.47 Å². The van der Waals surface area contributed by atoms with Gasteiger partial charge < -0.3 is 25.0 Å². The van der Waals surface area contributed by atoms with Gasteiger partial charge in [0.05, 0.1) is 46.1 Å². The summed E-state index contributed by atoms with van der Waals surface area (Å²) in [7, 11) is 0.00122. The monoisotopic (exact) mass is 581 g/mol. The van der Waals surface area contributed by atoms with E-state index in [0.717, 1.165) is 62.0 Å². The summed E-state index contributed by atoms with van der Waals surface area (Å²) < 4.78 is 35.7. The van der Waals surface area contributed by atoms with Gasteiger partial charge in [-0.25, -0.2) is 8.42 Å². The van der Waals surface area contributed by atoms with Crippen LogP contribution in [0, 0.1) is 17.8 Å². The lowest BCUT2D eigenvalue weighted by Crippen LogP contribution is -2.40. The number of hydrogen-bond acceptors (Lipinski definition) is 8. The molecule has 9 heteroatoms. The first-order chi connectivity index (χ1) is 19.4. The third kappa shape index (κ3) is 7.10. The van der Waals surface area contributed by atoms with Gasteiger partial charge in [-0.2, -0.15) is 0 Å². The Morgan fingerprint density at radius 1 is 1.07 bits per heavy atom. The maximum absolute atomic E-state index is 11.9. The molecule has 40 heavy (non-hydrogen) atoms. The van der Waals surface area contributed by atoms with Crippen LogP contribution >= 0.6 is 11.3 Å². The molecule has 0 bridgehead atoms. The second-order valence-corrected chi connectivity index (χ2v) is 13.8. The first-order valence-corrected chi connectivity index (χ1v) is 16.7. The van der Waals surface area contributed by atoms with Crippen LogP contribution in [0.2, 0.25) is 0 Å². The van der Waals surface area contributed by atoms with Crippen molar-refractivity contribution in [2.45, 2.75) is 43.0 Å². The molecule has 0 radical (unpaired) electrons. The summed E-state index contributed by atoms with van der Waals surface area (Å²) in [6.45, 7) is 4.42. The third-order valence-corrected chi connectivity index (χ3v) is 10.0. The van der Waals surface area contributed by atoms with Gasteiger partial charge >= 0.3 is 0 Å². The van der Waals surface area contributed by atoms with E-state index >= 15 is 0 Å². The number of likely N-dealkylation sites (tertiary alicyclic amines) is 1. The Balaban J connectivity index is 1.31. The second-order valence-electron chi connectivity index (χ2n) is 10.8. The van der Waals surface area contributed by atoms with E-state index in [1.807, 2.05) is 0 Å². The number of methoxy groups -OCH3 is 2. The van der Waals surface area contributed by atoms with Gasteiger partial charge in [0.25, 0.3) is 0 Å². The van der Waals surface area contributed by atoms with Crippen LogP contribution in [0.25, 0.3) is 10.1 Å². The SMILES string of the molecule is COCCN1CCC(Nc2cccc3c(CC4CC4)c(C#CCNc4ccc(S(C)(=O)=O)cc4OC)sc23)CC1. The summed E-state index contributed by atoms with van der Waals surface area (Å²) >= 11 is 1.80. The van der Waals surface area contributed by atoms with Crippen molar-refractivity contribution >= 4 is 42.6 Å². The van der Waals surface area contributed by atoms with Crippen molar-refractivity contribution in [3.8, 4) is 17.6 Å². The van der Waals surface area contributed by atoms with Gasteiger partial charge in [-0.15, -0.1) is 11.3 Å². The summed E-state index contributed by atoms with van der Waals surface area (Å²) in [5, 5.41) is 8.48. The molecule has 3 aromatic rings. The van der Waals surface area contributed by atoms with Crippen molar-refractivity contribution < 1.29 is 17.9 Å². The fourth-order valence-corrected chi connectivity index (χ4v) is 7.07. The average Bonchev–Trinajstić information content (AvgIpc) is 3.70. The van der Waals surface area contributed by atoms with Crippen LogP contribution in [-0.2, 0) is 21.0 Å². The fraction of sp³-hybridized carbons (Fsp3) is 0.484. The highest BCUT2D eigenvalue weighted by Gasteiger charge is 2.26. The molecule has 1 aromatic heterocycles. The Labute approximate surface area is 242 Å². The molecule has 2 N–H and O–H groups in total. The molecule has 1 aliphatic heterocycles. The van der Waals surface area contributed by atoms with Crippen LogP contribution in [0.5, 0.6) is 5.75 Å². The highest BCUT2D eigenvalue weighted by atomic mass is 32.2. The number of hydrogen-bond donors (Lipinski definition) is 2. The normalized spacial score (nSPS) is 16.5. The zero-order chi connectivity index (χ0) is 28.1. The van der Waals surface area contributed by atoms with Crippen LogP contribution in [0.4, 0.5) is 11.4 Å². The first kappa shape index (κ1) is 28.7. The Morgan fingerprint density at radius 3 is 2.58 bits per heavy atom. The Hall–Kier alpha value is -2.77. The van der Waals surface area contributed by atoms with E-state index in [9.17, 15) is 8.42 Å². The molecule has 2 aliphatic rings. The van der Waals surface area contributed by atoms with E-state index in [-0.39, 0.29) is 4.90 Å². The summed E-state index contributed by atoms with van der Waals surface area (Å²) in [4.78, 5) is 3.86. The molecule has 0 atom stereocenters. The highest BCUT2D eigenvalue weighted by molar-refractivity contribution is 7.90. The quantitative estimate of drug-likeness (QED) is 0.300. The van der Waals surface area contributed by atoms with Crippen LogP contribution in [0.1, 0.15) is 36.1 Å². The first-order valence-electron chi connectivity index (χ1n) is 14.0. The number of benzene rings is 2. The lowest BCUT2D eigenvalue weighted by molar-refractivity contribution is 0.132. The molecule has 0 amide bonds. The summed E-state index contributed by atoms with van der Waals surface area (Å²) in [5.74, 6) is 8.01. The van der Waals surface area contributed by atoms with Gasteiger partial charge in [0.2, 0.25) is 0 Å². The van der Waals surface area contributed by atoms with Crippen molar-refractivity contribution in [3.05, 3.63) is 46.8 Å². The van der Waals surface area contributed by atoms with Crippen molar-refractivity contribution in [2.75, 3.05) is 63.9 Å². The van der Waals surface area contributed by atoms with Crippen LogP contribution in [0.3, 0.4) is 0 Å². The minimum absolute atomic E-state index is 0.233. The number of piperidine rings is 1. The molecular weight excluding hydrogens is 542 g/mol. The van der Waals surface area contributed by atoms with Crippen molar-refractivity contribution in [1.29, 1.82) is 0 Å². The fourth-order valence-electron chi connectivity index (χ4n) is 5.25. The Morgan fingerprint density at radius 2 is 1.88 bits per heavy atom. The predicted octanol–water partition coefficient (Wildman–Crippen LogP) is 5.25. The van der Waals surface area contributed by atoms with Gasteiger partial charge in [-0.1, -0.05) is 24.0 Å². The molecular formula is C31H39N3O4S2. The lowest BCUT2D eigenvalue weighted by atomic mass is 10.0. The molecule has 1 aliphatic carbocycles. The topological polar surface area (TPSA) is 79.9 Å². The molecule has 2 aromatic carbocycles. The van der Waals surface area contributed by atoms with E-state index in [0.29, 0.717) is 18.3 Å². The molecule has 0 unspecified atom stereocenters. The summed E-state index contributed by atoms with van der Waals surface area (Å²) in [6.07, 6.45) is 7.14. The molecule has 5 rings (SSSR count). The van der Waals surface area contributed by atoms with Crippen LogP contribution in [0.15, 0.2) is 41.3 Å². The number of anilines is 2. The molecule has 1 saturated heterocycles. The number of thiophene rings is 1. The lowest BCUT2D eigenvalue weighted by Gasteiger charge is -2.32. The second kappa shape index (κ2) is 12.8. The molecule has 1 saturated carbocycles. The van der Waals surface area contributed by atoms with Gasteiger partial charge in [-0.3, -0.25) is 0 Å². The zero-order valence-electron chi connectivity index (χ0n) is 23.6. The number of ether oxygens (including phenoxy) is 2. The van der Waals surface area contributed by atoms with E-state index < -0.39 is 9.84 Å². The maximum Gasteiger partial charge on any atom is 0.175 e. The average molecular weight is 582 g/mol. The van der Waals surface area contributed by atoms with E-state index in [2.05, 4.69) is 45.6 Å². The largest absolute Gasteiger partial charge is 0.495 e. The molecule has 0 spiro atoms. The summed E-state index contributed by atoms with van der Waals surface area (Å²) in [5.41, 5.74) is 3.32.